The van der Waals surface area contributed by atoms with E-state index in [4.69, 9.17) is 11.6 Å². The molecule has 0 N–H and O–H groups in total. The van der Waals surface area contributed by atoms with E-state index < -0.39 is 4.92 Å². The predicted octanol–water partition coefficient (Wildman–Crippen LogP) is 3.62. The second-order valence-electron chi connectivity index (χ2n) is 4.51. The van der Waals surface area contributed by atoms with E-state index in [1.54, 1.807) is 18.4 Å². The largest absolute Gasteiger partial charge is 0.341 e. The van der Waals surface area contributed by atoms with E-state index in [0.29, 0.717) is 6.54 Å². The summed E-state index contributed by atoms with van der Waals surface area (Å²) in [7, 11) is 1.67. The minimum atomic E-state index is -0.561. The van der Waals surface area contributed by atoms with Crippen molar-refractivity contribution in [3.8, 4) is 0 Å². The fourth-order valence-electron chi connectivity index (χ4n) is 1.86. The Morgan fingerprint density at radius 2 is 2.19 bits per heavy atom. The number of thiophene rings is 1. The van der Waals surface area contributed by atoms with Crippen LogP contribution in [-0.2, 0) is 6.42 Å². The quantitative estimate of drug-likeness (QED) is 0.623. The maximum Gasteiger partial charge on any atom is 0.271 e. The molecule has 2 rings (SSSR count). The SMILES string of the molecule is CN(CCc1cccs1)C(=O)c1cc(Cl)cc([N+](=O)[O-])c1. The molecule has 1 heterocycles. The number of carbonyl (C=O) groups excluding carboxylic acids is 1. The van der Waals surface area contributed by atoms with E-state index >= 15 is 0 Å². The van der Waals surface area contributed by atoms with E-state index in [-0.39, 0.29) is 22.2 Å². The van der Waals surface area contributed by atoms with Gasteiger partial charge in [-0.15, -0.1) is 11.3 Å². The Balaban J connectivity index is 2.09. The second-order valence-corrected chi connectivity index (χ2v) is 5.98. The maximum absolute atomic E-state index is 12.3. The van der Waals surface area contributed by atoms with Crippen LogP contribution in [0.15, 0.2) is 35.7 Å². The van der Waals surface area contributed by atoms with Crippen LogP contribution in [0.3, 0.4) is 0 Å². The summed E-state index contributed by atoms with van der Waals surface area (Å²) in [5, 5.41) is 13.0. The molecule has 0 saturated carbocycles. The van der Waals surface area contributed by atoms with Crippen molar-refractivity contribution >= 4 is 34.5 Å². The van der Waals surface area contributed by atoms with Crippen LogP contribution in [0, 0.1) is 10.1 Å². The summed E-state index contributed by atoms with van der Waals surface area (Å²) in [6.07, 6.45) is 0.753. The van der Waals surface area contributed by atoms with Gasteiger partial charge in [-0.2, -0.15) is 0 Å². The average molecular weight is 325 g/mol. The van der Waals surface area contributed by atoms with E-state index in [1.807, 2.05) is 17.5 Å². The molecule has 5 nitrogen and oxygen atoms in total. The number of hydrogen-bond donors (Lipinski definition) is 0. The fraction of sp³-hybridized carbons (Fsp3) is 0.214. The average Bonchev–Trinajstić information content (AvgIpc) is 2.96. The van der Waals surface area contributed by atoms with Crippen LogP contribution in [0.4, 0.5) is 5.69 Å². The van der Waals surface area contributed by atoms with Crippen LogP contribution >= 0.6 is 22.9 Å². The highest BCUT2D eigenvalue weighted by atomic mass is 35.5. The van der Waals surface area contributed by atoms with Crippen molar-refractivity contribution < 1.29 is 9.72 Å². The Morgan fingerprint density at radius 3 is 2.81 bits per heavy atom. The van der Waals surface area contributed by atoms with Crippen LogP contribution in [0.5, 0.6) is 0 Å². The van der Waals surface area contributed by atoms with Crippen LogP contribution in [0.2, 0.25) is 5.02 Å². The van der Waals surface area contributed by atoms with Gasteiger partial charge < -0.3 is 4.90 Å². The van der Waals surface area contributed by atoms with Crippen LogP contribution in [0.25, 0.3) is 0 Å². The molecular weight excluding hydrogens is 312 g/mol. The number of non-ortho nitro benzene ring substituents is 1. The van der Waals surface area contributed by atoms with Crippen molar-refractivity contribution in [3.05, 3.63) is 61.3 Å². The molecule has 0 bridgehead atoms. The normalized spacial score (nSPS) is 10.4. The lowest BCUT2D eigenvalue weighted by atomic mass is 10.1. The Bertz CT molecular complexity index is 658. The van der Waals surface area contributed by atoms with Gasteiger partial charge in [0.25, 0.3) is 11.6 Å². The fourth-order valence-corrected chi connectivity index (χ4v) is 2.79. The summed E-state index contributed by atoms with van der Waals surface area (Å²) in [4.78, 5) is 25.2. The number of carbonyl (C=O) groups is 1. The lowest BCUT2D eigenvalue weighted by molar-refractivity contribution is -0.384. The number of nitro groups is 1. The highest BCUT2D eigenvalue weighted by molar-refractivity contribution is 7.09. The maximum atomic E-state index is 12.3. The summed E-state index contributed by atoms with van der Waals surface area (Å²) < 4.78 is 0. The molecule has 1 aromatic carbocycles. The van der Waals surface area contributed by atoms with E-state index in [0.717, 1.165) is 6.42 Å². The molecule has 0 radical (unpaired) electrons. The Morgan fingerprint density at radius 1 is 1.43 bits per heavy atom. The molecule has 0 aliphatic rings. The minimum Gasteiger partial charge on any atom is -0.341 e. The number of amides is 1. The van der Waals surface area contributed by atoms with Crippen LogP contribution in [-0.4, -0.2) is 29.3 Å². The zero-order chi connectivity index (χ0) is 15.4. The predicted molar refractivity (Wildman–Crippen MR) is 83.1 cm³/mol. The molecule has 110 valence electrons. The van der Waals surface area contributed by atoms with Crippen LogP contribution < -0.4 is 0 Å². The van der Waals surface area contributed by atoms with Crippen molar-refractivity contribution in [1.29, 1.82) is 0 Å². The molecule has 0 unspecified atom stereocenters. The second kappa shape index (κ2) is 6.69. The minimum absolute atomic E-state index is 0.180. The van der Waals surface area contributed by atoms with Gasteiger partial charge in [0.05, 0.1) is 4.92 Å². The molecule has 7 heteroatoms. The smallest absolute Gasteiger partial charge is 0.271 e. The van der Waals surface area contributed by atoms with Crippen molar-refractivity contribution in [2.75, 3.05) is 13.6 Å². The molecule has 21 heavy (non-hydrogen) atoms. The standard InChI is InChI=1S/C14H13ClN2O3S/c1-16(5-4-13-3-2-6-21-13)14(18)10-7-11(15)9-12(8-10)17(19)20/h2-3,6-9H,4-5H2,1H3. The zero-order valence-corrected chi connectivity index (χ0v) is 12.9. The lowest BCUT2D eigenvalue weighted by Crippen LogP contribution is -2.28. The first kappa shape index (κ1) is 15.5. The summed E-state index contributed by atoms with van der Waals surface area (Å²) in [5.41, 5.74) is 0.0420. The van der Waals surface area contributed by atoms with Gasteiger partial charge >= 0.3 is 0 Å². The molecule has 0 atom stereocenters. The summed E-state index contributed by atoms with van der Waals surface area (Å²) >= 11 is 7.46. The molecule has 2 aromatic rings. The molecule has 1 amide bonds. The Labute approximate surface area is 130 Å². The molecule has 0 saturated heterocycles. The van der Waals surface area contributed by atoms with Crippen molar-refractivity contribution in [3.63, 3.8) is 0 Å². The monoisotopic (exact) mass is 324 g/mol. The van der Waals surface area contributed by atoms with Crippen LogP contribution in [0.1, 0.15) is 15.2 Å². The van der Waals surface area contributed by atoms with Gasteiger partial charge in [-0.25, -0.2) is 0 Å². The summed E-state index contributed by atoms with van der Waals surface area (Å²) in [5.74, 6) is -0.280. The molecule has 0 aliphatic heterocycles. The number of likely N-dealkylation sites (N-methyl/N-ethyl adjacent to an activating group) is 1. The van der Waals surface area contributed by atoms with Crippen molar-refractivity contribution in [2.45, 2.75) is 6.42 Å². The third kappa shape index (κ3) is 4.03. The van der Waals surface area contributed by atoms with Gasteiger partial charge in [0.15, 0.2) is 0 Å². The van der Waals surface area contributed by atoms with E-state index in [1.165, 1.54) is 28.0 Å². The summed E-state index contributed by atoms with van der Waals surface area (Å²) in [6.45, 7) is 0.541. The first-order valence-corrected chi connectivity index (χ1v) is 7.46. The van der Waals surface area contributed by atoms with Crippen molar-refractivity contribution in [1.82, 2.24) is 4.90 Å². The van der Waals surface area contributed by atoms with E-state index in [9.17, 15) is 14.9 Å². The molecule has 1 aromatic heterocycles. The lowest BCUT2D eigenvalue weighted by Gasteiger charge is -2.16. The Kier molecular flexibility index (Phi) is 4.93. The number of halogens is 1. The topological polar surface area (TPSA) is 63.5 Å². The first-order chi connectivity index (χ1) is 9.97. The number of nitrogens with zero attached hydrogens (tertiary/aromatic N) is 2. The van der Waals surface area contributed by atoms with Gasteiger partial charge in [0.1, 0.15) is 0 Å². The molecule has 0 spiro atoms. The third-order valence-electron chi connectivity index (χ3n) is 2.96. The molecule has 0 aliphatic carbocycles. The molecular formula is C14H13ClN2O3S. The number of benzene rings is 1. The van der Waals surface area contributed by atoms with Gasteiger partial charge in [-0.1, -0.05) is 17.7 Å². The van der Waals surface area contributed by atoms with Gasteiger partial charge in [-0.05, 0) is 23.9 Å². The molecule has 0 fully saturated rings. The van der Waals surface area contributed by atoms with E-state index in [2.05, 4.69) is 0 Å². The highest BCUT2D eigenvalue weighted by Gasteiger charge is 2.17. The third-order valence-corrected chi connectivity index (χ3v) is 4.12. The van der Waals surface area contributed by atoms with Crippen molar-refractivity contribution in [2.24, 2.45) is 0 Å². The zero-order valence-electron chi connectivity index (χ0n) is 11.3. The Hall–Kier alpha value is -1.92. The summed E-state index contributed by atoms with van der Waals surface area (Å²) in [6, 6.07) is 7.88. The number of rotatable bonds is 5. The number of nitro benzene ring substituents is 1. The van der Waals surface area contributed by atoms with Gasteiger partial charge in [-0.3, -0.25) is 14.9 Å². The number of hydrogen-bond acceptors (Lipinski definition) is 4. The highest BCUT2D eigenvalue weighted by Crippen LogP contribution is 2.22. The van der Waals surface area contributed by atoms with Gasteiger partial charge in [0, 0.05) is 41.2 Å². The first-order valence-electron chi connectivity index (χ1n) is 6.20. The van der Waals surface area contributed by atoms with Gasteiger partial charge in [0.2, 0.25) is 0 Å².